The van der Waals surface area contributed by atoms with Crippen molar-refractivity contribution in [3.05, 3.63) is 63.8 Å². The second-order valence-corrected chi connectivity index (χ2v) is 10.0. The lowest BCUT2D eigenvalue weighted by molar-refractivity contribution is 0.00199. The highest BCUT2D eigenvalue weighted by Gasteiger charge is 2.25. The topological polar surface area (TPSA) is 120 Å². The van der Waals surface area contributed by atoms with Gasteiger partial charge in [-0.2, -0.15) is 10.5 Å². The first-order valence-electron chi connectivity index (χ1n) is 12.3. The summed E-state index contributed by atoms with van der Waals surface area (Å²) in [6.45, 7) is 5.86. The Hall–Kier alpha value is -4.24. The summed E-state index contributed by atoms with van der Waals surface area (Å²) in [5, 5.41) is 22.6. The van der Waals surface area contributed by atoms with Crippen molar-refractivity contribution in [2.24, 2.45) is 12.2 Å². The van der Waals surface area contributed by atoms with Crippen LogP contribution in [0.1, 0.15) is 69.7 Å². The average molecular weight is 500 g/mol. The molecule has 0 aliphatic heterocycles. The van der Waals surface area contributed by atoms with Gasteiger partial charge in [0.2, 0.25) is 0 Å². The van der Waals surface area contributed by atoms with Gasteiger partial charge in [0.25, 0.3) is 5.56 Å². The molecule has 0 atom stereocenters. The van der Waals surface area contributed by atoms with Crippen molar-refractivity contribution in [3.8, 4) is 12.1 Å². The first kappa shape index (κ1) is 27.3. The molecule has 0 radical (unpaired) electrons. The fourth-order valence-corrected chi connectivity index (χ4v) is 4.25. The van der Waals surface area contributed by atoms with Crippen LogP contribution in [0.25, 0.3) is 11.0 Å². The monoisotopic (exact) mass is 499 g/mol. The number of aromatic nitrogens is 3. The molecule has 3 aromatic rings. The maximum absolute atomic E-state index is 12.6. The van der Waals surface area contributed by atoms with E-state index in [4.69, 9.17) is 10.1 Å². The van der Waals surface area contributed by atoms with Crippen LogP contribution in [0, 0.1) is 22.7 Å². The number of nitriles is 2. The number of hydrogen-bond donors (Lipinski definition) is 0. The molecule has 192 valence electrons. The molecule has 0 aromatic carbocycles. The first-order valence-corrected chi connectivity index (χ1v) is 12.3. The molecule has 0 spiro atoms. The Bertz CT molecular complexity index is 1390. The van der Waals surface area contributed by atoms with Crippen molar-refractivity contribution in [2.45, 2.75) is 64.5 Å². The Labute approximate surface area is 217 Å². The van der Waals surface area contributed by atoms with Crippen LogP contribution in [-0.4, -0.2) is 39.4 Å². The second-order valence-electron chi connectivity index (χ2n) is 10.0. The fraction of sp³-hybridized carbons (Fsp3) is 0.429. The van der Waals surface area contributed by atoms with Crippen LogP contribution in [0.15, 0.2) is 46.6 Å². The number of aryl methyl sites for hydroxylation is 1. The minimum Gasteiger partial charge on any atom is -0.390 e. The van der Waals surface area contributed by atoms with Gasteiger partial charge in [-0.3, -0.25) is 9.78 Å². The molecule has 4 rings (SSSR count). The summed E-state index contributed by atoms with van der Waals surface area (Å²) in [5.41, 5.74) is 2.49. The van der Waals surface area contributed by atoms with Crippen molar-refractivity contribution in [2.75, 3.05) is 11.9 Å². The molecule has 0 bridgehead atoms. The molecule has 1 aliphatic rings. The van der Waals surface area contributed by atoms with Gasteiger partial charge in [-0.15, -0.1) is 0 Å². The van der Waals surface area contributed by atoms with Gasteiger partial charge in [0.1, 0.15) is 34.5 Å². The molecule has 1 saturated carbocycles. The van der Waals surface area contributed by atoms with E-state index in [9.17, 15) is 10.1 Å². The van der Waals surface area contributed by atoms with E-state index < -0.39 is 0 Å². The molecule has 37 heavy (non-hydrogen) atoms. The summed E-state index contributed by atoms with van der Waals surface area (Å²) in [5.74, 6) is 0. The third kappa shape index (κ3) is 6.92. The van der Waals surface area contributed by atoms with Crippen LogP contribution in [0.3, 0.4) is 0 Å². The zero-order valence-corrected chi connectivity index (χ0v) is 22.1. The normalized spacial score (nSPS) is 13.9. The van der Waals surface area contributed by atoms with E-state index in [1.807, 2.05) is 50.9 Å². The summed E-state index contributed by atoms with van der Waals surface area (Å²) in [6.07, 6.45) is 10.7. The van der Waals surface area contributed by atoms with E-state index in [2.05, 4.69) is 21.2 Å². The lowest BCUT2D eigenvalue weighted by Crippen LogP contribution is -2.36. The van der Waals surface area contributed by atoms with Crippen molar-refractivity contribution in [1.82, 2.24) is 14.5 Å². The highest BCUT2D eigenvalue weighted by molar-refractivity contribution is 5.92. The summed E-state index contributed by atoms with van der Waals surface area (Å²) in [4.78, 5) is 28.2. The molecule has 0 unspecified atom stereocenters. The average Bonchev–Trinajstić information content (AvgIpc) is 2.90. The summed E-state index contributed by atoms with van der Waals surface area (Å²) in [6, 6.07) is 11.5. The van der Waals surface area contributed by atoms with E-state index in [0.29, 0.717) is 16.7 Å². The van der Waals surface area contributed by atoms with E-state index in [0.717, 1.165) is 31.2 Å². The molecule has 0 N–H and O–H groups in total. The molecular weight excluding hydrogens is 466 g/mol. The van der Waals surface area contributed by atoms with Crippen molar-refractivity contribution in [1.29, 1.82) is 10.5 Å². The van der Waals surface area contributed by atoms with Crippen LogP contribution < -0.4 is 10.5 Å². The number of anilines is 1. The predicted molar refractivity (Wildman–Crippen MR) is 144 cm³/mol. The molecule has 3 heterocycles. The van der Waals surface area contributed by atoms with E-state index in [-0.39, 0.29) is 28.5 Å². The third-order valence-electron chi connectivity index (χ3n) is 6.13. The molecule has 0 amide bonds. The van der Waals surface area contributed by atoms with E-state index >= 15 is 0 Å². The van der Waals surface area contributed by atoms with Gasteiger partial charge in [-0.25, -0.2) is 4.98 Å². The Morgan fingerprint density at radius 1 is 1.16 bits per heavy atom. The number of oxime groups is 1. The molecule has 3 aromatic heterocycles. The number of nitrogens with zero attached hydrogens (tertiary/aromatic N) is 7. The van der Waals surface area contributed by atoms with Crippen LogP contribution in [0.4, 0.5) is 5.69 Å². The number of pyridine rings is 3. The zero-order chi connectivity index (χ0) is 27.0. The largest absolute Gasteiger partial charge is 0.390 e. The third-order valence-corrected chi connectivity index (χ3v) is 6.13. The molecule has 0 saturated heterocycles. The molecule has 1 aliphatic carbocycles. The molecular formula is C28H33N7O2. The maximum Gasteiger partial charge on any atom is 0.270 e. The zero-order valence-electron chi connectivity index (χ0n) is 22.1. The van der Waals surface area contributed by atoms with Crippen LogP contribution >= 0.6 is 0 Å². The number of rotatable bonds is 4. The van der Waals surface area contributed by atoms with Gasteiger partial charge >= 0.3 is 0 Å². The van der Waals surface area contributed by atoms with Crippen molar-refractivity contribution < 1.29 is 4.84 Å². The Kier molecular flexibility index (Phi) is 8.97. The molecule has 9 heteroatoms. The SMILES string of the molecule is CC(C)(C)O/N=C\c1cccnc1.CN(c1c(C#N)c(=O)n(C)c2ccc(C#N)nc12)C1CCCCC1. The van der Waals surface area contributed by atoms with Crippen molar-refractivity contribution in [3.63, 3.8) is 0 Å². The van der Waals surface area contributed by atoms with Gasteiger partial charge in [0.05, 0.1) is 17.4 Å². The van der Waals surface area contributed by atoms with Gasteiger partial charge < -0.3 is 14.3 Å². The predicted octanol–water partition coefficient (Wildman–Crippen LogP) is 4.68. The summed E-state index contributed by atoms with van der Waals surface area (Å²) in [7, 11) is 3.55. The lowest BCUT2D eigenvalue weighted by Gasteiger charge is -2.33. The van der Waals surface area contributed by atoms with E-state index in [1.165, 1.54) is 11.0 Å². The Morgan fingerprint density at radius 3 is 2.49 bits per heavy atom. The minimum absolute atomic E-state index is 0.0978. The standard InChI is InChI=1S/C18H19N5O.C10H14N2O/c1-22(13-6-4-3-5-7-13)17-14(11-20)18(24)23(2)15-9-8-12(10-19)21-16(15)17;1-10(2,3)13-12-8-9-5-4-6-11-7-9/h8-9,13H,3-7H2,1-2H3;4-8H,1-3H3/b;12-8-. The molecule has 1 fully saturated rings. The Balaban J connectivity index is 0.000000248. The van der Waals surface area contributed by atoms with Gasteiger partial charge in [-0.05, 0) is 51.8 Å². The minimum atomic E-state index is -0.325. The first-order chi connectivity index (χ1) is 17.7. The van der Waals surface area contributed by atoms with Crippen molar-refractivity contribution >= 4 is 22.9 Å². The van der Waals surface area contributed by atoms with E-state index in [1.54, 1.807) is 37.8 Å². The summed E-state index contributed by atoms with van der Waals surface area (Å²) < 4.78 is 1.43. The smallest absolute Gasteiger partial charge is 0.270 e. The molecule has 9 nitrogen and oxygen atoms in total. The highest BCUT2D eigenvalue weighted by Crippen LogP contribution is 2.32. The van der Waals surface area contributed by atoms with Gasteiger partial charge in [-0.1, -0.05) is 30.5 Å². The van der Waals surface area contributed by atoms with Gasteiger partial charge in [0.15, 0.2) is 0 Å². The number of hydrogen-bond acceptors (Lipinski definition) is 8. The maximum atomic E-state index is 12.6. The van der Waals surface area contributed by atoms with Crippen LogP contribution in [0.5, 0.6) is 0 Å². The van der Waals surface area contributed by atoms with Crippen LogP contribution in [0.2, 0.25) is 0 Å². The highest BCUT2D eigenvalue weighted by atomic mass is 16.6. The second kappa shape index (κ2) is 12.1. The lowest BCUT2D eigenvalue weighted by atomic mass is 9.93. The fourth-order valence-electron chi connectivity index (χ4n) is 4.25. The Morgan fingerprint density at radius 2 is 1.89 bits per heavy atom. The summed E-state index contributed by atoms with van der Waals surface area (Å²) >= 11 is 0. The quantitative estimate of drug-likeness (QED) is 0.378. The van der Waals surface area contributed by atoms with Gasteiger partial charge in [0, 0.05) is 38.1 Å². The number of fused-ring (bicyclic) bond motifs is 1. The van der Waals surface area contributed by atoms with Crippen LogP contribution in [-0.2, 0) is 11.9 Å².